The zero-order valence-corrected chi connectivity index (χ0v) is 14.7. The summed E-state index contributed by atoms with van der Waals surface area (Å²) in [4.78, 5) is 0. The molecule has 0 amide bonds. The van der Waals surface area contributed by atoms with Crippen molar-refractivity contribution in [2.75, 3.05) is 0 Å². The van der Waals surface area contributed by atoms with Crippen LogP contribution in [0.15, 0.2) is 103 Å². The largest absolute Gasteiger partial charge is 0.206 e. The van der Waals surface area contributed by atoms with Gasteiger partial charge in [-0.15, -0.1) is 0 Å². The Morgan fingerprint density at radius 1 is 0.407 bits per heavy atom. The third-order valence-corrected chi connectivity index (χ3v) is 5.14. The van der Waals surface area contributed by atoms with Gasteiger partial charge in [0.1, 0.15) is 5.82 Å². The smallest absolute Gasteiger partial charge is 0.131 e. The van der Waals surface area contributed by atoms with Gasteiger partial charge in [-0.3, -0.25) is 0 Å². The number of benzene rings is 5. The average molecular weight is 348 g/mol. The molecule has 1 heteroatoms. The summed E-state index contributed by atoms with van der Waals surface area (Å²) in [6, 6.07) is 34.1. The highest BCUT2D eigenvalue weighted by Gasteiger charge is 2.17. The fraction of sp³-hybridized carbons (Fsp3) is 0. The topological polar surface area (TPSA) is 0 Å². The van der Waals surface area contributed by atoms with Crippen LogP contribution < -0.4 is 0 Å². The van der Waals surface area contributed by atoms with E-state index in [4.69, 9.17) is 0 Å². The van der Waals surface area contributed by atoms with Gasteiger partial charge < -0.3 is 0 Å². The van der Waals surface area contributed by atoms with Crippen LogP contribution in [0.5, 0.6) is 0 Å². The van der Waals surface area contributed by atoms with Crippen molar-refractivity contribution in [3.05, 3.63) is 109 Å². The molecule has 0 fully saturated rings. The number of fused-ring (bicyclic) bond motifs is 2. The summed E-state index contributed by atoms with van der Waals surface area (Å²) in [7, 11) is 0. The monoisotopic (exact) mass is 348 g/mol. The SMILES string of the molecule is Fc1ccccc1-c1c2ccccc2c(-c2ccccc2)c2ccccc12. The van der Waals surface area contributed by atoms with Crippen LogP contribution in [-0.2, 0) is 0 Å². The van der Waals surface area contributed by atoms with Crippen LogP contribution in [0.1, 0.15) is 0 Å². The van der Waals surface area contributed by atoms with Gasteiger partial charge in [0.2, 0.25) is 0 Å². The Bertz CT molecular complexity index is 1210. The van der Waals surface area contributed by atoms with E-state index in [1.165, 1.54) is 17.2 Å². The van der Waals surface area contributed by atoms with Crippen molar-refractivity contribution in [1.82, 2.24) is 0 Å². The van der Waals surface area contributed by atoms with E-state index in [1.807, 2.05) is 30.3 Å². The summed E-state index contributed by atoms with van der Waals surface area (Å²) in [5, 5.41) is 4.42. The van der Waals surface area contributed by atoms with E-state index in [2.05, 4.69) is 60.7 Å². The Kier molecular flexibility index (Phi) is 3.72. The van der Waals surface area contributed by atoms with Gasteiger partial charge in [-0.05, 0) is 38.7 Å². The first-order valence-corrected chi connectivity index (χ1v) is 9.08. The first-order valence-electron chi connectivity index (χ1n) is 9.08. The van der Waals surface area contributed by atoms with Crippen molar-refractivity contribution < 1.29 is 4.39 Å². The summed E-state index contributed by atoms with van der Waals surface area (Å²) in [6.07, 6.45) is 0. The van der Waals surface area contributed by atoms with Crippen molar-refractivity contribution in [1.29, 1.82) is 0 Å². The third kappa shape index (κ3) is 2.51. The van der Waals surface area contributed by atoms with Gasteiger partial charge >= 0.3 is 0 Å². The van der Waals surface area contributed by atoms with Gasteiger partial charge in [-0.25, -0.2) is 4.39 Å². The van der Waals surface area contributed by atoms with Crippen LogP contribution >= 0.6 is 0 Å². The molecule has 0 aliphatic rings. The van der Waals surface area contributed by atoms with E-state index < -0.39 is 0 Å². The molecule has 0 radical (unpaired) electrons. The van der Waals surface area contributed by atoms with Crippen molar-refractivity contribution >= 4 is 21.5 Å². The second-order valence-corrected chi connectivity index (χ2v) is 6.69. The number of rotatable bonds is 2. The molecule has 0 aromatic heterocycles. The lowest BCUT2D eigenvalue weighted by Gasteiger charge is -2.17. The maximum Gasteiger partial charge on any atom is 0.131 e. The van der Waals surface area contributed by atoms with Crippen molar-refractivity contribution in [3.63, 3.8) is 0 Å². The minimum absolute atomic E-state index is 0.194. The summed E-state index contributed by atoms with van der Waals surface area (Å²) >= 11 is 0. The van der Waals surface area contributed by atoms with E-state index in [0.717, 1.165) is 27.1 Å². The van der Waals surface area contributed by atoms with Crippen LogP contribution in [0, 0.1) is 5.82 Å². The first kappa shape index (κ1) is 15.8. The maximum absolute atomic E-state index is 14.8. The van der Waals surface area contributed by atoms with E-state index in [9.17, 15) is 4.39 Å². The lowest BCUT2D eigenvalue weighted by molar-refractivity contribution is 0.631. The molecule has 0 saturated heterocycles. The molecule has 0 saturated carbocycles. The van der Waals surface area contributed by atoms with Gasteiger partial charge in [-0.2, -0.15) is 0 Å². The standard InChI is InChI=1S/C26H17F/c27-24-17-9-8-16-23(24)26-21-14-6-4-12-19(21)25(18-10-2-1-3-11-18)20-13-5-7-15-22(20)26/h1-17H. The van der Waals surface area contributed by atoms with Crippen LogP contribution in [0.4, 0.5) is 4.39 Å². The van der Waals surface area contributed by atoms with Crippen LogP contribution in [0.3, 0.4) is 0 Å². The van der Waals surface area contributed by atoms with Crippen molar-refractivity contribution in [2.24, 2.45) is 0 Å². The van der Waals surface area contributed by atoms with E-state index in [0.29, 0.717) is 5.56 Å². The third-order valence-electron chi connectivity index (χ3n) is 5.14. The second kappa shape index (κ2) is 6.37. The minimum atomic E-state index is -0.194. The molecule has 0 heterocycles. The van der Waals surface area contributed by atoms with Gasteiger partial charge in [-0.1, -0.05) is 97.1 Å². The molecule has 0 spiro atoms. The first-order chi connectivity index (χ1) is 13.3. The zero-order valence-electron chi connectivity index (χ0n) is 14.7. The Morgan fingerprint density at radius 3 is 1.41 bits per heavy atom. The van der Waals surface area contributed by atoms with E-state index in [-0.39, 0.29) is 5.82 Å². The summed E-state index contributed by atoms with van der Waals surface area (Å²) in [5.74, 6) is -0.194. The molecule has 0 atom stereocenters. The second-order valence-electron chi connectivity index (χ2n) is 6.69. The summed E-state index contributed by atoms with van der Waals surface area (Å²) in [5.41, 5.74) is 3.97. The Balaban J connectivity index is 2.03. The molecule has 0 nitrogen and oxygen atoms in total. The normalized spacial score (nSPS) is 11.1. The molecule has 0 N–H and O–H groups in total. The lowest BCUT2D eigenvalue weighted by atomic mass is 9.86. The van der Waals surface area contributed by atoms with E-state index in [1.54, 1.807) is 6.07 Å². The molecule has 0 aliphatic heterocycles. The minimum Gasteiger partial charge on any atom is -0.206 e. The highest BCUT2D eigenvalue weighted by atomic mass is 19.1. The lowest BCUT2D eigenvalue weighted by Crippen LogP contribution is -1.92. The van der Waals surface area contributed by atoms with E-state index >= 15 is 0 Å². The quantitative estimate of drug-likeness (QED) is 0.290. The number of hydrogen-bond donors (Lipinski definition) is 0. The van der Waals surface area contributed by atoms with Crippen LogP contribution in [0.2, 0.25) is 0 Å². The molecule has 128 valence electrons. The molecular formula is C26H17F. The van der Waals surface area contributed by atoms with Gasteiger partial charge in [0.05, 0.1) is 0 Å². The van der Waals surface area contributed by atoms with Gasteiger partial charge in [0.15, 0.2) is 0 Å². The Hall–Kier alpha value is -3.45. The highest BCUT2D eigenvalue weighted by Crippen LogP contribution is 2.43. The molecule has 0 bridgehead atoms. The molecule has 5 aromatic carbocycles. The fourth-order valence-corrected chi connectivity index (χ4v) is 4.00. The maximum atomic E-state index is 14.8. The fourth-order valence-electron chi connectivity index (χ4n) is 4.00. The molecule has 0 aliphatic carbocycles. The molecular weight excluding hydrogens is 331 g/mol. The van der Waals surface area contributed by atoms with Crippen LogP contribution in [-0.4, -0.2) is 0 Å². The Morgan fingerprint density at radius 2 is 0.852 bits per heavy atom. The Labute approximate surface area is 157 Å². The van der Waals surface area contributed by atoms with Crippen molar-refractivity contribution in [3.8, 4) is 22.3 Å². The molecule has 5 rings (SSSR count). The average Bonchev–Trinajstić information content (AvgIpc) is 2.73. The predicted octanol–water partition coefficient (Wildman–Crippen LogP) is 7.47. The molecule has 27 heavy (non-hydrogen) atoms. The van der Waals surface area contributed by atoms with Gasteiger partial charge in [0.25, 0.3) is 0 Å². The predicted molar refractivity (Wildman–Crippen MR) is 112 cm³/mol. The van der Waals surface area contributed by atoms with Gasteiger partial charge in [0, 0.05) is 11.1 Å². The number of hydrogen-bond acceptors (Lipinski definition) is 0. The van der Waals surface area contributed by atoms with Crippen LogP contribution in [0.25, 0.3) is 43.8 Å². The highest BCUT2D eigenvalue weighted by molar-refractivity contribution is 6.21. The molecule has 5 aromatic rings. The summed E-state index contributed by atoms with van der Waals surface area (Å²) in [6.45, 7) is 0. The zero-order chi connectivity index (χ0) is 18.2. The molecule has 0 unspecified atom stereocenters. The number of halogens is 1. The van der Waals surface area contributed by atoms with Crippen molar-refractivity contribution in [2.45, 2.75) is 0 Å². The summed E-state index contributed by atoms with van der Waals surface area (Å²) < 4.78 is 14.8.